The van der Waals surface area contributed by atoms with E-state index in [4.69, 9.17) is 4.74 Å². The lowest BCUT2D eigenvalue weighted by Crippen LogP contribution is -2.44. The molecule has 1 N–H and O–H groups in total. The molecule has 1 saturated heterocycles. The molecule has 1 fully saturated rings. The molecule has 3 unspecified atom stereocenters. The van der Waals surface area contributed by atoms with Gasteiger partial charge in [-0.25, -0.2) is 4.39 Å². The van der Waals surface area contributed by atoms with Gasteiger partial charge in [-0.15, -0.1) is 0 Å². The van der Waals surface area contributed by atoms with Crippen LogP contribution < -0.4 is 5.32 Å². The Kier molecular flexibility index (Phi) is 5.55. The van der Waals surface area contributed by atoms with E-state index in [-0.39, 0.29) is 11.9 Å². The topological polar surface area (TPSA) is 21.3 Å². The van der Waals surface area contributed by atoms with Gasteiger partial charge in [-0.2, -0.15) is 0 Å². The van der Waals surface area contributed by atoms with Crippen molar-refractivity contribution in [1.82, 2.24) is 5.32 Å². The molecular weight excluding hydrogens is 253 g/mol. The largest absolute Gasteiger partial charge is 0.376 e. The van der Waals surface area contributed by atoms with Gasteiger partial charge in [0.1, 0.15) is 5.82 Å². The second-order valence-corrected chi connectivity index (χ2v) is 5.94. The maximum Gasteiger partial charge on any atom is 0.123 e. The molecule has 3 atom stereocenters. The first kappa shape index (κ1) is 15.5. The van der Waals surface area contributed by atoms with Gasteiger partial charge in [0.2, 0.25) is 0 Å². The summed E-state index contributed by atoms with van der Waals surface area (Å²) in [6, 6.07) is 5.39. The van der Waals surface area contributed by atoms with Gasteiger partial charge in [0.05, 0.1) is 6.10 Å². The molecule has 1 aliphatic heterocycles. The molecule has 3 heteroatoms. The monoisotopic (exact) mass is 279 g/mol. The van der Waals surface area contributed by atoms with Crippen molar-refractivity contribution in [3.8, 4) is 0 Å². The molecule has 0 amide bonds. The zero-order valence-corrected chi connectivity index (χ0v) is 12.8. The summed E-state index contributed by atoms with van der Waals surface area (Å²) in [5.41, 5.74) is 2.24. The summed E-state index contributed by atoms with van der Waals surface area (Å²) in [7, 11) is 0. The van der Waals surface area contributed by atoms with E-state index in [0.717, 1.165) is 38.0 Å². The lowest BCUT2D eigenvalue weighted by molar-refractivity contribution is 0.0610. The fraction of sp³-hybridized carbons (Fsp3) is 0.647. The number of nitrogens with one attached hydrogen (secondary N) is 1. The van der Waals surface area contributed by atoms with Crippen LogP contribution >= 0.6 is 0 Å². The van der Waals surface area contributed by atoms with Crippen LogP contribution in [0.2, 0.25) is 0 Å². The van der Waals surface area contributed by atoms with E-state index in [0.29, 0.717) is 12.0 Å². The number of ether oxygens (including phenoxy) is 1. The minimum atomic E-state index is -0.158. The van der Waals surface area contributed by atoms with Crippen LogP contribution in [0.25, 0.3) is 0 Å². The van der Waals surface area contributed by atoms with Gasteiger partial charge in [-0.05, 0) is 61.9 Å². The number of benzene rings is 1. The Morgan fingerprint density at radius 3 is 2.85 bits per heavy atom. The smallest absolute Gasteiger partial charge is 0.123 e. The molecule has 20 heavy (non-hydrogen) atoms. The third kappa shape index (κ3) is 3.80. The maximum atomic E-state index is 13.2. The number of hydrogen-bond donors (Lipinski definition) is 1. The molecule has 0 radical (unpaired) electrons. The second kappa shape index (κ2) is 7.19. The second-order valence-electron chi connectivity index (χ2n) is 5.94. The van der Waals surface area contributed by atoms with E-state index in [1.54, 1.807) is 12.1 Å². The van der Waals surface area contributed by atoms with E-state index in [2.05, 4.69) is 19.2 Å². The molecule has 1 aromatic carbocycles. The predicted molar refractivity (Wildman–Crippen MR) is 80.4 cm³/mol. The molecular formula is C17H26FNO. The first-order chi connectivity index (χ1) is 9.61. The average molecular weight is 279 g/mol. The molecule has 0 saturated carbocycles. The summed E-state index contributed by atoms with van der Waals surface area (Å²) >= 11 is 0. The fourth-order valence-corrected chi connectivity index (χ4v) is 2.99. The summed E-state index contributed by atoms with van der Waals surface area (Å²) in [5.74, 6) is 0.430. The lowest BCUT2D eigenvalue weighted by Gasteiger charge is -2.28. The molecule has 2 rings (SSSR count). The molecule has 2 nitrogen and oxygen atoms in total. The highest BCUT2D eigenvalue weighted by molar-refractivity contribution is 5.27. The van der Waals surface area contributed by atoms with Crippen molar-refractivity contribution in [2.24, 2.45) is 5.92 Å². The minimum Gasteiger partial charge on any atom is -0.376 e. The number of rotatable bonds is 6. The molecule has 1 aromatic rings. The van der Waals surface area contributed by atoms with Crippen molar-refractivity contribution in [1.29, 1.82) is 0 Å². The van der Waals surface area contributed by atoms with Crippen LogP contribution in [0.3, 0.4) is 0 Å². The van der Waals surface area contributed by atoms with Crippen LogP contribution in [-0.4, -0.2) is 25.3 Å². The SMILES string of the molecule is CCCNC(Cc1ccc(F)cc1C)C1OCCC1C. The van der Waals surface area contributed by atoms with Crippen LogP contribution in [0.1, 0.15) is 37.8 Å². The molecule has 1 aliphatic rings. The number of halogens is 1. The maximum absolute atomic E-state index is 13.2. The molecule has 0 spiro atoms. The third-order valence-corrected chi connectivity index (χ3v) is 4.24. The van der Waals surface area contributed by atoms with E-state index in [1.807, 2.05) is 13.0 Å². The summed E-state index contributed by atoms with van der Waals surface area (Å²) in [4.78, 5) is 0. The zero-order valence-electron chi connectivity index (χ0n) is 12.8. The van der Waals surface area contributed by atoms with Gasteiger partial charge in [-0.1, -0.05) is 19.9 Å². The Labute approximate surface area is 121 Å². The first-order valence-corrected chi connectivity index (χ1v) is 7.71. The first-order valence-electron chi connectivity index (χ1n) is 7.71. The van der Waals surface area contributed by atoms with Crippen LogP contribution in [0, 0.1) is 18.7 Å². The van der Waals surface area contributed by atoms with E-state index < -0.39 is 0 Å². The Morgan fingerprint density at radius 1 is 1.45 bits per heavy atom. The Morgan fingerprint density at radius 2 is 2.25 bits per heavy atom. The molecule has 0 aliphatic carbocycles. The third-order valence-electron chi connectivity index (χ3n) is 4.24. The van der Waals surface area contributed by atoms with Crippen LogP contribution in [0.15, 0.2) is 18.2 Å². The van der Waals surface area contributed by atoms with E-state index in [1.165, 1.54) is 5.56 Å². The van der Waals surface area contributed by atoms with Crippen LogP contribution in [0.4, 0.5) is 4.39 Å². The van der Waals surface area contributed by atoms with Gasteiger partial charge in [0.25, 0.3) is 0 Å². The normalized spacial score (nSPS) is 24.0. The molecule has 0 aromatic heterocycles. The summed E-state index contributed by atoms with van der Waals surface area (Å²) in [5, 5.41) is 3.61. The summed E-state index contributed by atoms with van der Waals surface area (Å²) < 4.78 is 19.1. The molecule has 1 heterocycles. The standard InChI is InChI=1S/C17H26FNO/c1-4-8-19-16(17-12(2)7-9-20-17)11-14-5-6-15(18)10-13(14)3/h5-6,10,12,16-17,19H,4,7-9,11H2,1-3H3. The number of aryl methyl sites for hydroxylation is 1. The zero-order chi connectivity index (χ0) is 14.5. The molecule has 0 bridgehead atoms. The quantitative estimate of drug-likeness (QED) is 0.861. The van der Waals surface area contributed by atoms with Crippen molar-refractivity contribution < 1.29 is 9.13 Å². The van der Waals surface area contributed by atoms with Crippen molar-refractivity contribution in [2.45, 2.75) is 52.2 Å². The van der Waals surface area contributed by atoms with E-state index >= 15 is 0 Å². The van der Waals surface area contributed by atoms with E-state index in [9.17, 15) is 4.39 Å². The lowest BCUT2D eigenvalue weighted by atomic mass is 9.91. The van der Waals surface area contributed by atoms with Gasteiger partial charge in [0.15, 0.2) is 0 Å². The summed E-state index contributed by atoms with van der Waals surface area (Å²) in [6.45, 7) is 8.27. The Bertz CT molecular complexity index is 435. The van der Waals surface area contributed by atoms with Crippen molar-refractivity contribution >= 4 is 0 Å². The Balaban J connectivity index is 2.10. The van der Waals surface area contributed by atoms with Crippen molar-refractivity contribution in [3.63, 3.8) is 0 Å². The predicted octanol–water partition coefficient (Wildman–Crippen LogP) is 3.47. The fourth-order valence-electron chi connectivity index (χ4n) is 2.99. The van der Waals surface area contributed by atoms with Crippen LogP contribution in [-0.2, 0) is 11.2 Å². The van der Waals surface area contributed by atoms with Gasteiger partial charge >= 0.3 is 0 Å². The van der Waals surface area contributed by atoms with Crippen LogP contribution in [0.5, 0.6) is 0 Å². The summed E-state index contributed by atoms with van der Waals surface area (Å²) in [6.07, 6.45) is 3.42. The van der Waals surface area contributed by atoms with Gasteiger partial charge < -0.3 is 10.1 Å². The Hall–Kier alpha value is -0.930. The average Bonchev–Trinajstić information content (AvgIpc) is 2.83. The van der Waals surface area contributed by atoms with Crippen molar-refractivity contribution in [3.05, 3.63) is 35.1 Å². The highest BCUT2D eigenvalue weighted by atomic mass is 19.1. The molecule has 112 valence electrons. The highest BCUT2D eigenvalue weighted by Gasteiger charge is 2.31. The highest BCUT2D eigenvalue weighted by Crippen LogP contribution is 2.25. The van der Waals surface area contributed by atoms with Gasteiger partial charge in [0, 0.05) is 12.6 Å². The number of hydrogen-bond acceptors (Lipinski definition) is 2. The minimum absolute atomic E-state index is 0.158. The van der Waals surface area contributed by atoms with Gasteiger partial charge in [-0.3, -0.25) is 0 Å². The van der Waals surface area contributed by atoms with Crippen molar-refractivity contribution in [2.75, 3.05) is 13.2 Å².